The van der Waals surface area contributed by atoms with E-state index in [2.05, 4.69) is 15.0 Å². The lowest BCUT2D eigenvalue weighted by atomic mass is 10.1. The van der Waals surface area contributed by atoms with Crippen LogP contribution in [0, 0.1) is 0 Å². The fourth-order valence-electron chi connectivity index (χ4n) is 2.76. The average Bonchev–Trinajstić information content (AvgIpc) is 2.84. The van der Waals surface area contributed by atoms with Crippen molar-refractivity contribution in [3.8, 4) is 0 Å². The Morgan fingerprint density at radius 3 is 2.61 bits per heavy atom. The molecular weight excluding hydrogens is 320 g/mol. The second-order valence-electron chi connectivity index (χ2n) is 4.96. The molecule has 23 heavy (non-hydrogen) atoms. The van der Waals surface area contributed by atoms with E-state index >= 15 is 0 Å². The second kappa shape index (κ2) is 5.28. The summed E-state index contributed by atoms with van der Waals surface area (Å²) in [5.74, 6) is 0.386. The minimum absolute atomic E-state index is 0.154. The number of aliphatic imine (C=N–C) groups is 1. The van der Waals surface area contributed by atoms with E-state index in [9.17, 15) is 8.63 Å². The van der Waals surface area contributed by atoms with Gasteiger partial charge in [-0.1, -0.05) is 41.9 Å². The average molecular weight is 329 g/mol. The van der Waals surface area contributed by atoms with E-state index in [0.29, 0.717) is 11.3 Å². The summed E-state index contributed by atoms with van der Waals surface area (Å²) in [6.07, 6.45) is 1.25. The smallest absolute Gasteiger partial charge is 0.309 e. The third-order valence-electron chi connectivity index (χ3n) is 3.65. The van der Waals surface area contributed by atoms with Gasteiger partial charge in [-0.3, -0.25) is 8.63 Å². The lowest BCUT2D eigenvalue weighted by Gasteiger charge is -2.17. The molecule has 0 amide bonds. The summed E-state index contributed by atoms with van der Waals surface area (Å²) in [5, 5.41) is 1.85. The third kappa shape index (κ3) is 2.24. The highest BCUT2D eigenvalue weighted by molar-refractivity contribution is 6.59. The van der Waals surface area contributed by atoms with Crippen LogP contribution in [0.2, 0.25) is 5.15 Å². The van der Waals surface area contributed by atoms with E-state index < -0.39 is 7.40 Å². The summed E-state index contributed by atoms with van der Waals surface area (Å²) in [7, 11) is -2.72. The Morgan fingerprint density at radius 2 is 1.87 bits per heavy atom. The number of rotatable bonds is 2. The minimum atomic E-state index is -2.72. The number of amidine groups is 1. The van der Waals surface area contributed by atoms with Crippen LogP contribution in [0.15, 0.2) is 53.8 Å². The molecule has 112 valence electrons. The van der Waals surface area contributed by atoms with Crippen LogP contribution in [0.1, 0.15) is 5.56 Å². The van der Waals surface area contributed by atoms with Crippen LogP contribution in [0.3, 0.4) is 0 Å². The van der Waals surface area contributed by atoms with Crippen molar-refractivity contribution in [3.63, 3.8) is 0 Å². The summed E-state index contributed by atoms with van der Waals surface area (Å²) in [5.41, 5.74) is 1.08. The minimum Gasteiger partial charge on any atom is -0.309 e. The molecule has 8 heteroatoms. The summed E-state index contributed by atoms with van der Waals surface area (Å²) < 4.78 is 27.3. The molecule has 0 radical (unpaired) electrons. The van der Waals surface area contributed by atoms with Crippen molar-refractivity contribution in [2.45, 2.75) is 0 Å². The van der Waals surface area contributed by atoms with Gasteiger partial charge in [0.25, 0.3) is 0 Å². The van der Waals surface area contributed by atoms with E-state index in [1.807, 2.05) is 18.2 Å². The van der Waals surface area contributed by atoms with E-state index in [-0.39, 0.29) is 16.8 Å². The summed E-state index contributed by atoms with van der Waals surface area (Å²) in [6.45, 7) is 0. The molecule has 0 N–H and O–H groups in total. The zero-order valence-corrected chi connectivity index (χ0v) is 12.4. The van der Waals surface area contributed by atoms with Gasteiger partial charge in [-0.2, -0.15) is 0 Å². The highest BCUT2D eigenvalue weighted by atomic mass is 35.5. The van der Waals surface area contributed by atoms with Gasteiger partial charge >= 0.3 is 7.40 Å². The zero-order chi connectivity index (χ0) is 16.0. The van der Waals surface area contributed by atoms with Crippen LogP contribution in [-0.2, 0) is 0 Å². The van der Waals surface area contributed by atoms with Crippen molar-refractivity contribution < 1.29 is 8.63 Å². The monoisotopic (exact) mass is 328 g/mol. The van der Waals surface area contributed by atoms with Crippen LogP contribution < -0.4 is 4.81 Å². The largest absolute Gasteiger partial charge is 0.679 e. The van der Waals surface area contributed by atoms with Gasteiger partial charge in [0, 0.05) is 22.7 Å². The topological polar surface area (TPSA) is 41.4 Å². The maximum absolute atomic E-state index is 13.7. The molecule has 1 aliphatic heterocycles. The summed E-state index contributed by atoms with van der Waals surface area (Å²) in [4.78, 5) is 12.9. The maximum atomic E-state index is 13.7. The van der Waals surface area contributed by atoms with Crippen molar-refractivity contribution in [2.24, 2.45) is 4.99 Å². The van der Waals surface area contributed by atoms with Gasteiger partial charge < -0.3 is 4.81 Å². The second-order valence-corrected chi connectivity index (χ2v) is 5.35. The molecule has 0 unspecified atom stereocenters. The predicted molar refractivity (Wildman–Crippen MR) is 87.6 cm³/mol. The van der Waals surface area contributed by atoms with E-state index in [4.69, 9.17) is 11.6 Å². The van der Waals surface area contributed by atoms with Crippen molar-refractivity contribution in [1.82, 2.24) is 9.97 Å². The molecule has 0 spiro atoms. The molecular formula is C15H8BClF2N4. The molecule has 0 atom stereocenters. The van der Waals surface area contributed by atoms with Crippen molar-refractivity contribution in [3.05, 3.63) is 59.5 Å². The van der Waals surface area contributed by atoms with Crippen LogP contribution in [0.4, 0.5) is 20.1 Å². The lowest BCUT2D eigenvalue weighted by Crippen LogP contribution is -2.36. The first-order valence-electron chi connectivity index (χ1n) is 6.81. The number of hydrogen-bond acceptors (Lipinski definition) is 3. The molecule has 4 rings (SSSR count). The first-order chi connectivity index (χ1) is 11.1. The molecule has 0 fully saturated rings. The Bertz CT molecular complexity index is 942. The molecule has 0 aliphatic carbocycles. The van der Waals surface area contributed by atoms with Gasteiger partial charge in [0.1, 0.15) is 17.3 Å². The van der Waals surface area contributed by atoms with Crippen LogP contribution in [-0.4, -0.2) is 23.2 Å². The summed E-state index contributed by atoms with van der Waals surface area (Å²) in [6, 6.07) is 12.2. The van der Waals surface area contributed by atoms with Gasteiger partial charge in [0.05, 0.1) is 0 Å². The molecule has 1 aliphatic rings. The molecule has 2 heterocycles. The van der Waals surface area contributed by atoms with Gasteiger partial charge in [-0.05, 0) is 11.5 Å². The number of anilines is 1. The maximum Gasteiger partial charge on any atom is 0.679 e. The molecule has 1 aromatic heterocycles. The first kappa shape index (κ1) is 14.1. The van der Waals surface area contributed by atoms with Crippen molar-refractivity contribution in [1.29, 1.82) is 0 Å². The van der Waals surface area contributed by atoms with Gasteiger partial charge in [0.2, 0.25) is 0 Å². The Hall–Kier alpha value is -2.54. The van der Waals surface area contributed by atoms with Gasteiger partial charge in [0.15, 0.2) is 5.82 Å². The molecule has 0 bridgehead atoms. The van der Waals surface area contributed by atoms with Crippen molar-refractivity contribution in [2.75, 3.05) is 4.81 Å². The fraction of sp³-hybridized carbons (Fsp3) is 0. The van der Waals surface area contributed by atoms with Crippen LogP contribution in [0.5, 0.6) is 0 Å². The Morgan fingerprint density at radius 1 is 1.09 bits per heavy atom. The van der Waals surface area contributed by atoms with E-state index in [0.717, 1.165) is 15.6 Å². The molecule has 3 aromatic rings. The van der Waals surface area contributed by atoms with Crippen LogP contribution in [0.25, 0.3) is 10.8 Å². The van der Waals surface area contributed by atoms with Gasteiger partial charge in [-0.15, -0.1) is 0 Å². The number of aromatic nitrogens is 2. The highest BCUT2D eigenvalue weighted by Gasteiger charge is 2.38. The standard InChI is InChI=1S/C15H8BClF2N4/c17-12-7-13(21-8-20-12)22-15-10-5-1-3-9-4-2-6-11(14(9)10)23(15)16(18)19/h1-8H/b22-15-. The number of hydrogen-bond donors (Lipinski definition) is 0. The Kier molecular flexibility index (Phi) is 3.23. The fourth-order valence-corrected chi connectivity index (χ4v) is 2.90. The Balaban J connectivity index is 1.98. The number of benzene rings is 2. The molecule has 2 aromatic carbocycles. The van der Waals surface area contributed by atoms with Crippen molar-refractivity contribution >= 4 is 47.1 Å². The van der Waals surface area contributed by atoms with Crippen LogP contribution >= 0.6 is 11.6 Å². The zero-order valence-electron chi connectivity index (χ0n) is 11.6. The SMILES string of the molecule is FB(F)N1/C(=N\c2cc(Cl)ncn2)c2cccc3cccc1c23. The predicted octanol–water partition coefficient (Wildman–Crippen LogP) is 4.11. The molecule has 4 nitrogen and oxygen atoms in total. The number of nitrogens with zero attached hydrogens (tertiary/aromatic N) is 4. The van der Waals surface area contributed by atoms with E-state index in [1.165, 1.54) is 12.4 Å². The lowest BCUT2D eigenvalue weighted by molar-refractivity contribution is 0.660. The molecule has 0 saturated heterocycles. The Labute approximate surface area is 135 Å². The molecule has 0 saturated carbocycles. The van der Waals surface area contributed by atoms with Gasteiger partial charge in [-0.25, -0.2) is 15.0 Å². The number of halogens is 3. The summed E-state index contributed by atoms with van der Waals surface area (Å²) >= 11 is 5.82. The first-order valence-corrected chi connectivity index (χ1v) is 7.19. The quantitative estimate of drug-likeness (QED) is 0.525. The normalized spacial score (nSPS) is 14.7. The third-order valence-corrected chi connectivity index (χ3v) is 3.85. The van der Waals surface area contributed by atoms with E-state index in [1.54, 1.807) is 18.2 Å². The highest BCUT2D eigenvalue weighted by Crippen LogP contribution is 2.39.